The molecule has 0 saturated carbocycles. The fourth-order valence-electron chi connectivity index (χ4n) is 1.73. The summed E-state index contributed by atoms with van der Waals surface area (Å²) >= 11 is 3.51. The second-order valence-electron chi connectivity index (χ2n) is 5.26. The topological polar surface area (TPSA) is 29.5 Å². The fourth-order valence-corrected chi connectivity index (χ4v) is 2.10. The number of methoxy groups -OCH3 is 1. The van der Waals surface area contributed by atoms with E-state index in [0.717, 1.165) is 15.8 Å². The van der Waals surface area contributed by atoms with Crippen LogP contribution in [0.25, 0.3) is 0 Å². The minimum absolute atomic E-state index is 0.0813. The van der Waals surface area contributed by atoms with Gasteiger partial charge in [0.1, 0.15) is 5.75 Å². The summed E-state index contributed by atoms with van der Waals surface area (Å²) in [6.07, 6.45) is 1.35. The number of carbonyl (C=O) groups is 1. The minimum atomic E-state index is -0.270. The van der Waals surface area contributed by atoms with E-state index in [-0.39, 0.29) is 11.4 Å². The van der Waals surface area contributed by atoms with Gasteiger partial charge < -0.3 is 9.64 Å². The molecule has 0 aromatic heterocycles. The zero-order chi connectivity index (χ0) is 14.6. The van der Waals surface area contributed by atoms with E-state index in [1.54, 1.807) is 12.0 Å². The van der Waals surface area contributed by atoms with Crippen LogP contribution in [0.1, 0.15) is 26.3 Å². The average molecular weight is 326 g/mol. The molecule has 104 valence electrons. The first kappa shape index (κ1) is 15.8. The van der Waals surface area contributed by atoms with Crippen molar-refractivity contribution in [3.8, 4) is 5.75 Å². The molecule has 0 spiro atoms. The van der Waals surface area contributed by atoms with Crippen LogP contribution in [0.2, 0.25) is 0 Å². The van der Waals surface area contributed by atoms with Gasteiger partial charge in [0.05, 0.1) is 7.11 Å². The Labute approximate surface area is 123 Å². The molecule has 4 heteroatoms. The van der Waals surface area contributed by atoms with Gasteiger partial charge in [-0.1, -0.05) is 22.5 Å². The summed E-state index contributed by atoms with van der Waals surface area (Å²) in [5, 5.41) is 0. The van der Waals surface area contributed by atoms with E-state index in [1.807, 2.05) is 39.0 Å². The van der Waals surface area contributed by atoms with Crippen molar-refractivity contribution in [2.24, 2.45) is 0 Å². The summed E-state index contributed by atoms with van der Waals surface area (Å²) in [5.41, 5.74) is 0.734. The molecule has 1 aromatic carbocycles. The first-order valence-corrected chi connectivity index (χ1v) is 6.85. The molecule has 0 aliphatic carbocycles. The molecule has 0 atom stereocenters. The molecule has 0 bridgehead atoms. The lowest BCUT2D eigenvalue weighted by molar-refractivity contribution is -0.131. The average Bonchev–Trinajstić information content (AvgIpc) is 2.35. The third kappa shape index (κ3) is 4.10. The van der Waals surface area contributed by atoms with E-state index in [2.05, 4.69) is 22.5 Å². The molecule has 1 rings (SSSR count). The quantitative estimate of drug-likeness (QED) is 0.788. The van der Waals surface area contributed by atoms with Gasteiger partial charge in [-0.05, 0) is 50.6 Å². The SMILES string of the molecule is C=CC(=O)N(Cc1cc(OC)ccc1Br)C(C)(C)C. The van der Waals surface area contributed by atoms with Crippen LogP contribution in [0.4, 0.5) is 0 Å². The fraction of sp³-hybridized carbons (Fsp3) is 0.400. The van der Waals surface area contributed by atoms with Crippen LogP contribution in [0.15, 0.2) is 35.3 Å². The predicted octanol–water partition coefficient (Wildman–Crippen LogP) is 3.77. The van der Waals surface area contributed by atoms with Gasteiger partial charge in [-0.3, -0.25) is 4.79 Å². The Hall–Kier alpha value is -1.29. The Morgan fingerprint density at radius 3 is 2.58 bits per heavy atom. The summed E-state index contributed by atoms with van der Waals surface area (Å²) in [5.74, 6) is 0.695. The van der Waals surface area contributed by atoms with E-state index < -0.39 is 0 Å². The number of halogens is 1. The molecule has 0 aliphatic rings. The molecule has 0 radical (unpaired) electrons. The summed E-state index contributed by atoms with van der Waals surface area (Å²) in [4.78, 5) is 13.8. The van der Waals surface area contributed by atoms with Gasteiger partial charge in [-0.2, -0.15) is 0 Å². The molecular formula is C15H20BrNO2. The Morgan fingerprint density at radius 2 is 2.11 bits per heavy atom. The Kier molecular flexibility index (Phi) is 5.18. The van der Waals surface area contributed by atoms with Gasteiger partial charge in [0.2, 0.25) is 5.91 Å². The number of nitrogens with zero attached hydrogens (tertiary/aromatic N) is 1. The smallest absolute Gasteiger partial charge is 0.246 e. The molecule has 0 unspecified atom stereocenters. The molecule has 0 fully saturated rings. The summed E-state index contributed by atoms with van der Waals surface area (Å²) in [6, 6.07) is 5.73. The molecule has 0 heterocycles. The summed E-state index contributed by atoms with van der Waals surface area (Å²) in [7, 11) is 1.63. The summed E-state index contributed by atoms with van der Waals surface area (Å²) in [6.45, 7) is 10.1. The van der Waals surface area contributed by atoms with Crippen LogP contribution in [-0.2, 0) is 11.3 Å². The first-order valence-electron chi connectivity index (χ1n) is 6.06. The van der Waals surface area contributed by atoms with Crippen molar-refractivity contribution >= 4 is 21.8 Å². The van der Waals surface area contributed by atoms with Crippen LogP contribution in [-0.4, -0.2) is 23.5 Å². The molecule has 3 nitrogen and oxygen atoms in total. The van der Waals surface area contributed by atoms with Gasteiger partial charge in [-0.15, -0.1) is 0 Å². The number of benzene rings is 1. The van der Waals surface area contributed by atoms with E-state index in [4.69, 9.17) is 4.74 Å². The van der Waals surface area contributed by atoms with Crippen molar-refractivity contribution < 1.29 is 9.53 Å². The number of hydrogen-bond acceptors (Lipinski definition) is 2. The molecular weight excluding hydrogens is 306 g/mol. The van der Waals surface area contributed by atoms with Crippen molar-refractivity contribution in [3.05, 3.63) is 40.9 Å². The lowest BCUT2D eigenvalue weighted by Crippen LogP contribution is -2.44. The number of hydrogen-bond donors (Lipinski definition) is 0. The maximum absolute atomic E-state index is 12.0. The second-order valence-corrected chi connectivity index (χ2v) is 6.11. The highest BCUT2D eigenvalue weighted by atomic mass is 79.9. The van der Waals surface area contributed by atoms with Gasteiger partial charge in [0.25, 0.3) is 0 Å². The predicted molar refractivity (Wildman–Crippen MR) is 81.2 cm³/mol. The molecule has 1 aromatic rings. The third-order valence-electron chi connectivity index (χ3n) is 2.83. The Balaban J connectivity index is 3.09. The molecule has 19 heavy (non-hydrogen) atoms. The van der Waals surface area contributed by atoms with E-state index >= 15 is 0 Å². The number of ether oxygens (including phenoxy) is 1. The molecule has 0 saturated heterocycles. The first-order chi connectivity index (χ1) is 8.79. The lowest BCUT2D eigenvalue weighted by atomic mass is 10.0. The highest BCUT2D eigenvalue weighted by Gasteiger charge is 2.25. The van der Waals surface area contributed by atoms with Gasteiger partial charge in [0, 0.05) is 16.6 Å². The van der Waals surface area contributed by atoms with Crippen molar-refractivity contribution in [2.45, 2.75) is 32.9 Å². The van der Waals surface area contributed by atoms with Crippen molar-refractivity contribution in [2.75, 3.05) is 7.11 Å². The van der Waals surface area contributed by atoms with Crippen molar-refractivity contribution in [1.82, 2.24) is 4.90 Å². The lowest BCUT2D eigenvalue weighted by Gasteiger charge is -2.35. The van der Waals surface area contributed by atoms with E-state index in [9.17, 15) is 4.79 Å². The zero-order valence-corrected chi connectivity index (χ0v) is 13.5. The van der Waals surface area contributed by atoms with Gasteiger partial charge in [0.15, 0.2) is 0 Å². The monoisotopic (exact) mass is 325 g/mol. The van der Waals surface area contributed by atoms with Gasteiger partial charge in [-0.25, -0.2) is 0 Å². The Morgan fingerprint density at radius 1 is 1.47 bits per heavy atom. The largest absolute Gasteiger partial charge is 0.497 e. The van der Waals surface area contributed by atoms with Crippen LogP contribution >= 0.6 is 15.9 Å². The van der Waals surface area contributed by atoms with Crippen LogP contribution < -0.4 is 4.74 Å². The maximum atomic E-state index is 12.0. The summed E-state index contributed by atoms with van der Waals surface area (Å²) < 4.78 is 6.18. The maximum Gasteiger partial charge on any atom is 0.246 e. The van der Waals surface area contributed by atoms with Crippen molar-refractivity contribution in [3.63, 3.8) is 0 Å². The second kappa shape index (κ2) is 6.24. The normalized spacial score (nSPS) is 11.0. The Bertz CT molecular complexity index is 478. The number of rotatable bonds is 4. The zero-order valence-electron chi connectivity index (χ0n) is 11.9. The van der Waals surface area contributed by atoms with E-state index in [0.29, 0.717) is 6.54 Å². The van der Waals surface area contributed by atoms with Crippen LogP contribution in [0.5, 0.6) is 5.75 Å². The number of carbonyl (C=O) groups excluding carboxylic acids is 1. The van der Waals surface area contributed by atoms with Gasteiger partial charge >= 0.3 is 0 Å². The standard InChI is InChI=1S/C15H20BrNO2/c1-6-14(18)17(15(2,3)4)10-11-9-12(19-5)7-8-13(11)16/h6-9H,1,10H2,2-5H3. The highest BCUT2D eigenvalue weighted by Crippen LogP contribution is 2.26. The van der Waals surface area contributed by atoms with Crippen molar-refractivity contribution in [1.29, 1.82) is 0 Å². The third-order valence-corrected chi connectivity index (χ3v) is 3.61. The molecule has 0 aliphatic heterocycles. The van der Waals surface area contributed by atoms with Crippen LogP contribution in [0, 0.1) is 0 Å². The highest BCUT2D eigenvalue weighted by molar-refractivity contribution is 9.10. The minimum Gasteiger partial charge on any atom is -0.497 e. The van der Waals surface area contributed by atoms with E-state index in [1.165, 1.54) is 6.08 Å². The van der Waals surface area contributed by atoms with Crippen LogP contribution in [0.3, 0.4) is 0 Å². The number of amides is 1. The molecule has 1 amide bonds. The molecule has 0 N–H and O–H groups in total.